The molecule has 6 heteroatoms. The Kier molecular flexibility index (Phi) is 3.85. The SMILES string of the molecule is Cc1cccnc1CNc1ccn2nc(-c3cccc(F)c3)cc2n1. The number of fused-ring (bicyclic) bond motifs is 1. The van der Waals surface area contributed by atoms with Crippen LogP contribution in [0, 0.1) is 12.7 Å². The van der Waals surface area contributed by atoms with Gasteiger partial charge in [-0.3, -0.25) is 4.98 Å². The van der Waals surface area contributed by atoms with E-state index >= 15 is 0 Å². The van der Waals surface area contributed by atoms with Gasteiger partial charge in [-0.25, -0.2) is 13.9 Å². The minimum absolute atomic E-state index is 0.282. The molecule has 0 aliphatic rings. The normalized spacial score (nSPS) is 11.0. The minimum atomic E-state index is -0.282. The standard InChI is InChI=1S/C19H16FN5/c1-13-4-3-8-21-17(13)12-22-18-7-9-25-19(23-18)11-16(24-25)14-5-2-6-15(20)10-14/h2-11H,12H2,1H3,(H,22,23). The summed E-state index contributed by atoms with van der Waals surface area (Å²) in [4.78, 5) is 8.92. The number of hydrogen-bond donors (Lipinski definition) is 1. The number of nitrogens with zero attached hydrogens (tertiary/aromatic N) is 4. The van der Waals surface area contributed by atoms with Crippen molar-refractivity contribution in [3.8, 4) is 11.3 Å². The Balaban J connectivity index is 1.59. The number of aromatic nitrogens is 4. The molecule has 0 saturated heterocycles. The highest BCUT2D eigenvalue weighted by atomic mass is 19.1. The lowest BCUT2D eigenvalue weighted by Gasteiger charge is -2.07. The summed E-state index contributed by atoms with van der Waals surface area (Å²) in [6, 6.07) is 14.0. The van der Waals surface area contributed by atoms with Crippen molar-refractivity contribution >= 4 is 11.5 Å². The molecule has 0 atom stereocenters. The maximum absolute atomic E-state index is 13.4. The minimum Gasteiger partial charge on any atom is -0.364 e. The molecule has 0 bridgehead atoms. The monoisotopic (exact) mass is 333 g/mol. The fourth-order valence-electron chi connectivity index (χ4n) is 2.64. The second kappa shape index (κ2) is 6.32. The first kappa shape index (κ1) is 15.3. The fraction of sp³-hybridized carbons (Fsp3) is 0.105. The van der Waals surface area contributed by atoms with Crippen molar-refractivity contribution in [3.05, 3.63) is 78.0 Å². The molecule has 0 spiro atoms. The molecule has 124 valence electrons. The molecule has 25 heavy (non-hydrogen) atoms. The lowest BCUT2D eigenvalue weighted by atomic mass is 10.1. The van der Waals surface area contributed by atoms with E-state index in [9.17, 15) is 4.39 Å². The summed E-state index contributed by atoms with van der Waals surface area (Å²) in [5.41, 5.74) is 4.22. The maximum atomic E-state index is 13.4. The van der Waals surface area contributed by atoms with Crippen LogP contribution in [0.1, 0.15) is 11.3 Å². The van der Waals surface area contributed by atoms with Gasteiger partial charge in [0, 0.05) is 24.0 Å². The zero-order valence-electron chi connectivity index (χ0n) is 13.6. The number of nitrogens with one attached hydrogen (secondary N) is 1. The molecule has 3 aromatic heterocycles. The van der Waals surface area contributed by atoms with Crippen LogP contribution >= 0.6 is 0 Å². The Hall–Kier alpha value is -3.28. The average molecular weight is 333 g/mol. The molecule has 0 fully saturated rings. The Labute approximate surface area is 144 Å². The zero-order valence-corrected chi connectivity index (χ0v) is 13.6. The summed E-state index contributed by atoms with van der Waals surface area (Å²) in [5.74, 6) is 0.457. The first-order valence-corrected chi connectivity index (χ1v) is 7.96. The van der Waals surface area contributed by atoms with Crippen LogP contribution in [0.4, 0.5) is 10.2 Å². The van der Waals surface area contributed by atoms with Crippen LogP contribution in [-0.4, -0.2) is 19.6 Å². The summed E-state index contributed by atoms with van der Waals surface area (Å²) >= 11 is 0. The second-order valence-electron chi connectivity index (χ2n) is 5.78. The zero-order chi connectivity index (χ0) is 17.2. The van der Waals surface area contributed by atoms with Crippen LogP contribution in [0.15, 0.2) is 60.9 Å². The molecule has 0 amide bonds. The van der Waals surface area contributed by atoms with Gasteiger partial charge in [0.1, 0.15) is 11.6 Å². The van der Waals surface area contributed by atoms with Gasteiger partial charge in [-0.05, 0) is 36.8 Å². The van der Waals surface area contributed by atoms with Gasteiger partial charge in [0.2, 0.25) is 0 Å². The van der Waals surface area contributed by atoms with Crippen molar-refractivity contribution in [2.75, 3.05) is 5.32 Å². The van der Waals surface area contributed by atoms with Gasteiger partial charge in [0.15, 0.2) is 5.65 Å². The molecule has 4 aromatic rings. The highest BCUT2D eigenvalue weighted by molar-refractivity contribution is 5.64. The quantitative estimate of drug-likeness (QED) is 0.616. The molecule has 3 heterocycles. The first-order chi connectivity index (χ1) is 12.2. The maximum Gasteiger partial charge on any atom is 0.157 e. The summed E-state index contributed by atoms with van der Waals surface area (Å²) in [6.07, 6.45) is 3.61. The van der Waals surface area contributed by atoms with Crippen molar-refractivity contribution in [2.45, 2.75) is 13.5 Å². The average Bonchev–Trinajstić information content (AvgIpc) is 3.04. The molecule has 5 nitrogen and oxygen atoms in total. The molecular formula is C19H16FN5. The number of halogens is 1. The second-order valence-corrected chi connectivity index (χ2v) is 5.78. The van der Waals surface area contributed by atoms with E-state index in [0.29, 0.717) is 17.9 Å². The third kappa shape index (κ3) is 3.19. The first-order valence-electron chi connectivity index (χ1n) is 7.96. The molecule has 0 radical (unpaired) electrons. The summed E-state index contributed by atoms with van der Waals surface area (Å²) in [7, 11) is 0. The molecule has 0 aliphatic carbocycles. The van der Waals surface area contributed by atoms with Gasteiger partial charge in [-0.2, -0.15) is 5.10 Å². The molecule has 4 rings (SSSR count). The predicted molar refractivity (Wildman–Crippen MR) is 94.7 cm³/mol. The number of anilines is 1. The number of rotatable bonds is 4. The smallest absolute Gasteiger partial charge is 0.157 e. The largest absolute Gasteiger partial charge is 0.364 e. The van der Waals surface area contributed by atoms with Crippen molar-refractivity contribution in [1.82, 2.24) is 19.6 Å². The van der Waals surface area contributed by atoms with Gasteiger partial charge < -0.3 is 5.32 Å². The van der Waals surface area contributed by atoms with E-state index in [1.54, 1.807) is 16.8 Å². The molecule has 1 aromatic carbocycles. The van der Waals surface area contributed by atoms with Gasteiger partial charge >= 0.3 is 0 Å². The van der Waals surface area contributed by atoms with E-state index in [2.05, 4.69) is 20.4 Å². The highest BCUT2D eigenvalue weighted by Crippen LogP contribution is 2.20. The number of aryl methyl sites for hydroxylation is 1. The number of hydrogen-bond acceptors (Lipinski definition) is 4. The predicted octanol–water partition coefficient (Wildman–Crippen LogP) is 3.85. The van der Waals surface area contributed by atoms with E-state index in [1.165, 1.54) is 12.1 Å². The third-order valence-corrected chi connectivity index (χ3v) is 4.00. The third-order valence-electron chi connectivity index (χ3n) is 4.00. The Morgan fingerprint density at radius 2 is 2.04 bits per heavy atom. The van der Waals surface area contributed by atoms with Gasteiger partial charge in [-0.15, -0.1) is 0 Å². The molecule has 0 aliphatic heterocycles. The molecule has 0 saturated carbocycles. The summed E-state index contributed by atoms with van der Waals surface area (Å²) in [5, 5.41) is 7.72. The van der Waals surface area contributed by atoms with Gasteiger partial charge in [-0.1, -0.05) is 18.2 Å². The fourth-order valence-corrected chi connectivity index (χ4v) is 2.64. The van der Waals surface area contributed by atoms with Gasteiger partial charge in [0.25, 0.3) is 0 Å². The van der Waals surface area contributed by atoms with Crippen LogP contribution < -0.4 is 5.32 Å². The molecule has 0 unspecified atom stereocenters. The number of pyridine rings is 1. The Morgan fingerprint density at radius 3 is 2.88 bits per heavy atom. The highest BCUT2D eigenvalue weighted by Gasteiger charge is 2.07. The number of benzene rings is 1. The van der Waals surface area contributed by atoms with Crippen molar-refractivity contribution in [1.29, 1.82) is 0 Å². The van der Waals surface area contributed by atoms with Crippen LogP contribution in [-0.2, 0) is 6.54 Å². The van der Waals surface area contributed by atoms with Crippen LogP contribution in [0.2, 0.25) is 0 Å². The lowest BCUT2D eigenvalue weighted by Crippen LogP contribution is -2.05. The molecular weight excluding hydrogens is 317 g/mol. The van der Waals surface area contributed by atoms with E-state index < -0.39 is 0 Å². The van der Waals surface area contributed by atoms with Crippen molar-refractivity contribution < 1.29 is 4.39 Å². The van der Waals surface area contributed by atoms with Crippen LogP contribution in [0.5, 0.6) is 0 Å². The topological polar surface area (TPSA) is 55.1 Å². The summed E-state index contributed by atoms with van der Waals surface area (Å²) < 4.78 is 15.1. The van der Waals surface area contributed by atoms with E-state index in [1.807, 2.05) is 43.5 Å². The molecule has 1 N–H and O–H groups in total. The van der Waals surface area contributed by atoms with Gasteiger partial charge in [0.05, 0.1) is 17.9 Å². The van der Waals surface area contributed by atoms with Crippen molar-refractivity contribution in [3.63, 3.8) is 0 Å². The lowest BCUT2D eigenvalue weighted by molar-refractivity contribution is 0.628. The van der Waals surface area contributed by atoms with Crippen LogP contribution in [0.3, 0.4) is 0 Å². The summed E-state index contributed by atoms with van der Waals surface area (Å²) in [6.45, 7) is 2.63. The van der Waals surface area contributed by atoms with E-state index in [-0.39, 0.29) is 5.82 Å². The van der Waals surface area contributed by atoms with Crippen LogP contribution in [0.25, 0.3) is 16.9 Å². The Morgan fingerprint density at radius 1 is 1.12 bits per heavy atom. The van der Waals surface area contributed by atoms with E-state index in [4.69, 9.17) is 0 Å². The van der Waals surface area contributed by atoms with E-state index in [0.717, 1.165) is 22.6 Å². The van der Waals surface area contributed by atoms with Crippen molar-refractivity contribution in [2.24, 2.45) is 0 Å². The Bertz CT molecular complexity index is 1040.